The summed E-state index contributed by atoms with van der Waals surface area (Å²) in [6.45, 7) is 0. The van der Waals surface area contributed by atoms with Crippen molar-refractivity contribution in [2.75, 3.05) is 10.6 Å². The Balaban J connectivity index is 0.000000214. The second-order valence-corrected chi connectivity index (χ2v) is 18.8. The minimum atomic E-state index is -1.38. The monoisotopic (exact) mass is 1130 g/mol. The molecule has 0 aliphatic heterocycles. The predicted molar refractivity (Wildman–Crippen MR) is 316 cm³/mol. The van der Waals surface area contributed by atoms with E-state index in [0.29, 0.717) is 46.0 Å². The molecule has 0 spiro atoms. The molecule has 0 bridgehead atoms. The fraction of sp³-hybridized carbons (Fsp3) is 0.125. The van der Waals surface area contributed by atoms with Crippen LogP contribution in [0.5, 0.6) is 0 Å². The summed E-state index contributed by atoms with van der Waals surface area (Å²) in [6.07, 6.45) is 3.78. The van der Waals surface area contributed by atoms with Crippen LogP contribution in [-0.4, -0.2) is 134 Å². The Labute approximate surface area is 508 Å². The third kappa shape index (κ3) is 16.6. The summed E-state index contributed by atoms with van der Waals surface area (Å²) in [5.41, 5.74) is 9.32. The first-order valence-corrected chi connectivity index (χ1v) is 26.2. The number of rotatable bonds is 22. The Bertz CT molecular complexity index is 3500. The number of carboxylic acids is 2. The smallest absolute Gasteiger partial charge is 0.550 e. The Kier molecular flexibility index (Phi) is 21.5. The van der Waals surface area contributed by atoms with Crippen LogP contribution in [0.1, 0.15) is 36.8 Å². The molecule has 83 heavy (non-hydrogen) atoms. The summed E-state index contributed by atoms with van der Waals surface area (Å²) in [6, 6.07) is 61.5. The van der Waals surface area contributed by atoms with Gasteiger partial charge in [0.05, 0.1) is 35.8 Å². The van der Waals surface area contributed by atoms with E-state index in [-0.39, 0.29) is 50.6 Å². The molecule has 10 rings (SSSR count). The fourth-order valence-corrected chi connectivity index (χ4v) is 8.91. The second-order valence-electron chi connectivity index (χ2n) is 18.8. The number of para-hydroxylation sites is 2. The summed E-state index contributed by atoms with van der Waals surface area (Å²) in [7, 11) is 0. The van der Waals surface area contributed by atoms with E-state index in [2.05, 4.69) is 20.6 Å². The van der Waals surface area contributed by atoms with Crippen LogP contribution in [0.15, 0.2) is 219 Å². The minimum Gasteiger partial charge on any atom is -0.550 e. The quantitative estimate of drug-likeness (QED) is 0.0356. The van der Waals surface area contributed by atoms with Gasteiger partial charge in [0.15, 0.2) is 11.6 Å². The van der Waals surface area contributed by atoms with E-state index in [1.54, 1.807) is 46.0 Å². The Morgan fingerprint density at radius 1 is 0.458 bits per heavy atom. The molecule has 0 fully saturated rings. The fourth-order valence-electron chi connectivity index (χ4n) is 8.91. The molecule has 10 aromatic rings. The number of hydrogen-bond acceptors (Lipinski definition) is 16. The normalized spacial score (nSPS) is 12.6. The van der Waals surface area contributed by atoms with Crippen molar-refractivity contribution in [2.45, 2.75) is 50.1 Å². The number of carbonyl (C=O) groups is 2. The molecule has 412 valence electrons. The zero-order valence-electron chi connectivity index (χ0n) is 44.8. The zero-order chi connectivity index (χ0) is 57.2. The van der Waals surface area contributed by atoms with Crippen LogP contribution < -0.4 is 20.8 Å². The molecule has 0 radical (unpaired) electrons. The maximum Gasteiger partial charge on any atom is 2.00 e. The third-order valence-corrected chi connectivity index (χ3v) is 12.6. The van der Waals surface area contributed by atoms with Crippen LogP contribution in [0.3, 0.4) is 0 Å². The Morgan fingerprint density at radius 3 is 1.10 bits per heavy atom. The molecular weight excluding hydrogens is 1080 g/mol. The van der Waals surface area contributed by atoms with Gasteiger partial charge in [-0.15, -0.1) is 0 Å². The predicted octanol–water partition coefficient (Wildman–Crippen LogP) is 7.63. The van der Waals surface area contributed by atoms with Gasteiger partial charge >= 0.3 is 37.7 Å². The summed E-state index contributed by atoms with van der Waals surface area (Å²) in [5.74, 6) is -0.895. The van der Waals surface area contributed by atoms with E-state index in [4.69, 9.17) is 20.2 Å². The average Bonchev–Trinajstić information content (AvgIpc) is 4.03. The van der Waals surface area contributed by atoms with Crippen molar-refractivity contribution in [1.82, 2.24) is 39.5 Å². The van der Waals surface area contributed by atoms with Gasteiger partial charge in [-0.3, -0.25) is 0 Å². The van der Waals surface area contributed by atoms with Crippen LogP contribution in [0.25, 0.3) is 68.8 Å². The zero-order valence-corrected chi connectivity index (χ0v) is 47.0. The molecule has 18 nitrogen and oxygen atoms in total. The molecule has 0 aliphatic carbocycles. The van der Waals surface area contributed by atoms with E-state index >= 15 is 0 Å². The van der Waals surface area contributed by atoms with Gasteiger partial charge in [0.1, 0.15) is 11.4 Å². The van der Waals surface area contributed by atoms with E-state index in [1.165, 1.54) is 12.2 Å². The van der Waals surface area contributed by atoms with Crippen molar-refractivity contribution >= 4 is 85.1 Å². The second kappa shape index (κ2) is 29.7. The average molecular weight is 1130 g/mol. The van der Waals surface area contributed by atoms with Crippen molar-refractivity contribution in [3.8, 4) is 56.7 Å². The molecule has 0 saturated heterocycles. The number of benzene rings is 6. The van der Waals surface area contributed by atoms with Gasteiger partial charge in [-0.25, -0.2) is 19.3 Å². The standard InChI is InChI=1S/2C32H29N5O4.Ca/c2*38-25(20-26(39)21-29(40)41)16-17-27-30(22-10-4-1-5-11-22)36-37(31(27)23-12-6-2-7-13-23)28-18-19-33-32(35-28)34-24-14-8-3-9-15-24;/h2*1-19,25-26,38-39H,20-21H2,(H,40,41)(H,33,34,35);/q;;+2/p-2/b2*17-16+;/t2*25-,26-;/m11./s1. The topological polar surface area (TPSA) is 272 Å². The summed E-state index contributed by atoms with van der Waals surface area (Å²) in [5, 5.41) is 79.3. The molecule has 4 heterocycles. The number of hydrogen-bond donors (Lipinski definition) is 6. The molecule has 0 unspecified atom stereocenters. The summed E-state index contributed by atoms with van der Waals surface area (Å²) < 4.78 is 3.49. The number of nitrogens with zero attached hydrogens (tertiary/aromatic N) is 8. The first-order valence-electron chi connectivity index (χ1n) is 26.2. The number of carbonyl (C=O) groups excluding carboxylic acids is 2. The van der Waals surface area contributed by atoms with Crippen molar-refractivity contribution in [3.05, 3.63) is 230 Å². The minimum absolute atomic E-state index is 0. The number of anilines is 4. The number of aliphatic hydroxyl groups excluding tert-OH is 4. The molecular formula is C64H56CaN10O8. The van der Waals surface area contributed by atoms with E-state index in [0.717, 1.165) is 45.0 Å². The van der Waals surface area contributed by atoms with Gasteiger partial charge in [-0.05, 0) is 24.3 Å². The number of nitrogens with one attached hydrogen (secondary N) is 2. The van der Waals surface area contributed by atoms with Gasteiger partial charge in [-0.2, -0.15) is 20.2 Å². The van der Waals surface area contributed by atoms with Crippen molar-refractivity contribution < 1.29 is 40.2 Å². The van der Waals surface area contributed by atoms with Crippen molar-refractivity contribution in [1.29, 1.82) is 0 Å². The molecule has 4 aromatic heterocycles. The van der Waals surface area contributed by atoms with Crippen molar-refractivity contribution in [2.24, 2.45) is 0 Å². The number of carboxylic acid groups (broad SMARTS) is 2. The van der Waals surface area contributed by atoms with Gasteiger partial charge in [0.25, 0.3) is 0 Å². The first-order chi connectivity index (χ1) is 39.9. The Morgan fingerprint density at radius 2 is 0.771 bits per heavy atom. The molecule has 0 saturated carbocycles. The maximum absolute atomic E-state index is 10.8. The first kappa shape index (κ1) is 60.1. The number of aliphatic hydroxyl groups is 4. The summed E-state index contributed by atoms with van der Waals surface area (Å²) in [4.78, 5) is 39.9. The van der Waals surface area contributed by atoms with E-state index < -0.39 is 49.2 Å². The number of aliphatic carboxylic acids is 2. The van der Waals surface area contributed by atoms with Crippen LogP contribution in [-0.2, 0) is 9.59 Å². The van der Waals surface area contributed by atoms with Gasteiger partial charge in [-0.1, -0.05) is 182 Å². The molecule has 4 atom stereocenters. The van der Waals surface area contributed by atoms with Crippen molar-refractivity contribution in [3.63, 3.8) is 0 Å². The maximum atomic E-state index is 10.8. The van der Waals surface area contributed by atoms with Gasteiger partial charge in [0, 0.05) is 107 Å². The molecule has 6 N–H and O–H groups in total. The van der Waals surface area contributed by atoms with Crippen LogP contribution in [0.4, 0.5) is 23.3 Å². The van der Waals surface area contributed by atoms with Gasteiger partial charge < -0.3 is 50.9 Å². The Hall–Kier alpha value is -8.98. The molecule has 19 heteroatoms. The van der Waals surface area contributed by atoms with Crippen LogP contribution in [0, 0.1) is 0 Å². The molecule has 0 aliphatic rings. The largest absolute Gasteiger partial charge is 2.00 e. The molecule has 0 amide bonds. The van der Waals surface area contributed by atoms with Crippen LogP contribution in [0.2, 0.25) is 0 Å². The van der Waals surface area contributed by atoms with E-state index in [9.17, 15) is 40.2 Å². The third-order valence-electron chi connectivity index (χ3n) is 12.6. The molecule has 6 aromatic carbocycles. The van der Waals surface area contributed by atoms with E-state index in [1.807, 2.05) is 182 Å². The number of aromatic nitrogens is 8. The van der Waals surface area contributed by atoms with Crippen LogP contribution >= 0.6 is 0 Å². The SMILES string of the molecule is O=C([O-])C[C@H](O)C[C@H](O)/C=C/c1c(-c2ccccc2)nn(-c2ccnc(Nc3ccccc3)n2)c1-c1ccccc1.O=C([O-])C[C@H](O)C[C@H](O)/C=C/c1c(-c2ccccc2)nn(-c2ccnc(Nc3ccccc3)n2)c1-c1ccccc1.[Ca+2]. The van der Waals surface area contributed by atoms with Gasteiger partial charge in [0.2, 0.25) is 11.9 Å². The summed E-state index contributed by atoms with van der Waals surface area (Å²) >= 11 is 0.